The molecular weight excluding hydrogens is 316 g/mol. The molecule has 0 aromatic heterocycles. The first-order valence-corrected chi connectivity index (χ1v) is 9.26. The molecule has 0 radical (unpaired) electrons. The highest BCUT2D eigenvalue weighted by atomic mass is 32.2. The minimum absolute atomic E-state index is 0.0112. The second-order valence-corrected chi connectivity index (χ2v) is 7.67. The van der Waals surface area contributed by atoms with Crippen LogP contribution in [0.15, 0.2) is 23.1 Å². The van der Waals surface area contributed by atoms with E-state index < -0.39 is 10.0 Å². The van der Waals surface area contributed by atoms with Gasteiger partial charge in [0.15, 0.2) is 0 Å². The van der Waals surface area contributed by atoms with Crippen molar-refractivity contribution in [3.63, 3.8) is 0 Å². The average molecular weight is 340 g/mol. The summed E-state index contributed by atoms with van der Waals surface area (Å²) in [6.07, 6.45) is 1.73. The van der Waals surface area contributed by atoms with Crippen LogP contribution >= 0.6 is 0 Å². The Morgan fingerprint density at radius 3 is 2.52 bits per heavy atom. The summed E-state index contributed by atoms with van der Waals surface area (Å²) < 4.78 is 32.1. The van der Waals surface area contributed by atoms with E-state index in [-0.39, 0.29) is 16.8 Å². The van der Waals surface area contributed by atoms with E-state index >= 15 is 0 Å². The Labute approximate surface area is 137 Å². The van der Waals surface area contributed by atoms with Crippen LogP contribution in [-0.2, 0) is 14.8 Å². The maximum Gasteiger partial charge on any atom is 0.243 e. The van der Waals surface area contributed by atoms with Gasteiger partial charge in [-0.2, -0.15) is 4.31 Å². The van der Waals surface area contributed by atoms with Gasteiger partial charge in [-0.3, -0.25) is 4.79 Å². The van der Waals surface area contributed by atoms with Crippen LogP contribution in [0.2, 0.25) is 0 Å². The number of carbonyl (C=O) groups excluding carboxylic acids is 1. The molecule has 1 aromatic rings. The zero-order chi connectivity index (χ0) is 17.0. The fraction of sp³-hybridized carbons (Fsp3) is 0.562. The number of nitrogens with one attached hydrogen (secondary N) is 1. The topological polar surface area (TPSA) is 75.7 Å². The summed E-state index contributed by atoms with van der Waals surface area (Å²) >= 11 is 0. The number of rotatable bonds is 5. The van der Waals surface area contributed by atoms with Crippen LogP contribution in [0.3, 0.4) is 0 Å². The third-order valence-corrected chi connectivity index (χ3v) is 6.04. The van der Waals surface area contributed by atoms with E-state index in [0.29, 0.717) is 38.1 Å². The average Bonchev–Trinajstić information content (AvgIpc) is 2.55. The lowest BCUT2D eigenvalue weighted by Gasteiger charge is -2.31. The summed E-state index contributed by atoms with van der Waals surface area (Å²) in [4.78, 5) is 11.7. The second kappa shape index (κ2) is 7.31. The van der Waals surface area contributed by atoms with Crippen molar-refractivity contribution in [3.8, 4) is 5.75 Å². The van der Waals surface area contributed by atoms with Crippen molar-refractivity contribution in [1.29, 1.82) is 0 Å². The van der Waals surface area contributed by atoms with Crippen molar-refractivity contribution >= 4 is 15.9 Å². The number of piperidine rings is 1. The van der Waals surface area contributed by atoms with Gasteiger partial charge in [0.1, 0.15) is 5.75 Å². The van der Waals surface area contributed by atoms with Crippen molar-refractivity contribution in [2.45, 2.75) is 44.0 Å². The zero-order valence-electron chi connectivity index (χ0n) is 13.8. The molecule has 1 aromatic carbocycles. The van der Waals surface area contributed by atoms with Gasteiger partial charge in [-0.05, 0) is 43.5 Å². The summed E-state index contributed by atoms with van der Waals surface area (Å²) in [6.45, 7) is 4.47. The Kier molecular flexibility index (Phi) is 5.64. The van der Waals surface area contributed by atoms with Crippen molar-refractivity contribution in [1.82, 2.24) is 9.62 Å². The maximum atomic E-state index is 12.7. The van der Waals surface area contributed by atoms with Gasteiger partial charge in [0, 0.05) is 25.6 Å². The molecule has 0 spiro atoms. The molecule has 1 heterocycles. The number of benzene rings is 1. The van der Waals surface area contributed by atoms with Gasteiger partial charge in [-0.25, -0.2) is 8.42 Å². The normalized spacial score (nSPS) is 17.0. The van der Waals surface area contributed by atoms with Gasteiger partial charge in [-0.15, -0.1) is 0 Å². The van der Waals surface area contributed by atoms with E-state index in [0.717, 1.165) is 5.56 Å². The number of amides is 1. The molecule has 0 saturated carbocycles. The van der Waals surface area contributed by atoms with Crippen molar-refractivity contribution in [3.05, 3.63) is 23.8 Å². The first kappa shape index (κ1) is 17.7. The SMILES string of the molecule is CCC(=O)NC1CCN(S(=O)(=O)c2ccc(OC)c(C)c2)CC1. The molecule has 1 aliphatic rings. The molecule has 2 rings (SSSR count). The molecule has 128 valence electrons. The van der Waals surface area contributed by atoms with Crippen molar-refractivity contribution in [2.24, 2.45) is 0 Å². The largest absolute Gasteiger partial charge is 0.496 e. The highest BCUT2D eigenvalue weighted by molar-refractivity contribution is 7.89. The molecule has 0 unspecified atom stereocenters. The molecule has 23 heavy (non-hydrogen) atoms. The zero-order valence-corrected chi connectivity index (χ0v) is 14.6. The lowest BCUT2D eigenvalue weighted by Crippen LogP contribution is -2.46. The van der Waals surface area contributed by atoms with Gasteiger partial charge in [0.2, 0.25) is 15.9 Å². The van der Waals surface area contributed by atoms with Gasteiger partial charge in [-0.1, -0.05) is 6.92 Å². The molecule has 0 bridgehead atoms. The number of methoxy groups -OCH3 is 1. The first-order valence-electron chi connectivity index (χ1n) is 7.82. The standard InChI is InChI=1S/C16H24N2O4S/c1-4-16(19)17-13-7-9-18(10-8-13)23(20,21)14-5-6-15(22-3)12(2)11-14/h5-6,11,13H,4,7-10H2,1-3H3,(H,17,19). The number of nitrogens with zero attached hydrogens (tertiary/aromatic N) is 1. The summed E-state index contributed by atoms with van der Waals surface area (Å²) in [5, 5.41) is 2.93. The molecule has 0 atom stereocenters. The van der Waals surface area contributed by atoms with Crippen molar-refractivity contribution < 1.29 is 17.9 Å². The minimum atomic E-state index is -3.50. The van der Waals surface area contributed by atoms with E-state index in [1.807, 2.05) is 6.92 Å². The van der Waals surface area contributed by atoms with E-state index in [1.54, 1.807) is 32.2 Å². The van der Waals surface area contributed by atoms with Gasteiger partial charge >= 0.3 is 0 Å². The summed E-state index contributed by atoms with van der Waals surface area (Å²) in [5.74, 6) is 0.682. The third-order valence-electron chi connectivity index (χ3n) is 4.14. The Bertz CT molecular complexity index is 665. The van der Waals surface area contributed by atoms with Gasteiger partial charge in [0.05, 0.1) is 12.0 Å². The molecule has 1 aliphatic heterocycles. The fourth-order valence-electron chi connectivity index (χ4n) is 2.73. The predicted octanol–water partition coefficient (Wildman–Crippen LogP) is 1.68. The molecule has 0 aliphatic carbocycles. The Hall–Kier alpha value is -1.60. The highest BCUT2D eigenvalue weighted by Gasteiger charge is 2.30. The molecule has 6 nitrogen and oxygen atoms in total. The number of carbonyl (C=O) groups is 1. The Morgan fingerprint density at radius 1 is 1.35 bits per heavy atom. The van der Waals surface area contributed by atoms with E-state index in [1.165, 1.54) is 4.31 Å². The van der Waals surface area contributed by atoms with Gasteiger partial charge < -0.3 is 10.1 Å². The molecule has 1 N–H and O–H groups in total. The first-order chi connectivity index (χ1) is 10.9. The lowest BCUT2D eigenvalue weighted by molar-refractivity contribution is -0.121. The highest BCUT2D eigenvalue weighted by Crippen LogP contribution is 2.25. The molecule has 1 amide bonds. The Balaban J connectivity index is 2.07. The predicted molar refractivity (Wildman–Crippen MR) is 87.9 cm³/mol. The van der Waals surface area contributed by atoms with E-state index in [2.05, 4.69) is 5.32 Å². The van der Waals surface area contributed by atoms with E-state index in [4.69, 9.17) is 4.74 Å². The van der Waals surface area contributed by atoms with E-state index in [9.17, 15) is 13.2 Å². The second-order valence-electron chi connectivity index (χ2n) is 5.73. The van der Waals surface area contributed by atoms with Crippen LogP contribution in [0.5, 0.6) is 5.75 Å². The van der Waals surface area contributed by atoms with Crippen LogP contribution in [-0.4, -0.2) is 44.9 Å². The molecule has 1 saturated heterocycles. The number of sulfonamides is 1. The third kappa shape index (κ3) is 4.03. The summed E-state index contributed by atoms with van der Waals surface area (Å²) in [6, 6.07) is 4.95. The summed E-state index contributed by atoms with van der Waals surface area (Å²) in [5.41, 5.74) is 0.790. The molecule has 1 fully saturated rings. The van der Waals surface area contributed by atoms with Crippen LogP contribution in [0.4, 0.5) is 0 Å². The van der Waals surface area contributed by atoms with Crippen LogP contribution in [0.1, 0.15) is 31.7 Å². The number of ether oxygens (including phenoxy) is 1. The summed E-state index contributed by atoms with van der Waals surface area (Å²) in [7, 11) is -1.94. The fourth-order valence-corrected chi connectivity index (χ4v) is 4.29. The quantitative estimate of drug-likeness (QED) is 0.885. The number of hydrogen-bond acceptors (Lipinski definition) is 4. The van der Waals surface area contributed by atoms with Crippen molar-refractivity contribution in [2.75, 3.05) is 20.2 Å². The maximum absolute atomic E-state index is 12.7. The molecular formula is C16H24N2O4S. The van der Waals surface area contributed by atoms with Gasteiger partial charge in [0.25, 0.3) is 0 Å². The smallest absolute Gasteiger partial charge is 0.243 e. The monoisotopic (exact) mass is 340 g/mol. The number of hydrogen-bond donors (Lipinski definition) is 1. The minimum Gasteiger partial charge on any atom is -0.496 e. The van der Waals surface area contributed by atoms with Crippen LogP contribution in [0.25, 0.3) is 0 Å². The molecule has 7 heteroatoms. The van der Waals surface area contributed by atoms with Crippen LogP contribution < -0.4 is 10.1 Å². The number of aryl methyl sites for hydroxylation is 1. The lowest BCUT2D eigenvalue weighted by atomic mass is 10.1. The van der Waals surface area contributed by atoms with Crippen LogP contribution in [0, 0.1) is 6.92 Å². The Morgan fingerprint density at radius 2 is 2.00 bits per heavy atom.